The SMILES string of the molecule is O=C(Nc1ccc(Cl)c(Cl)c1)NC1CCCNCC1. The molecule has 1 aliphatic rings. The van der Waals surface area contributed by atoms with Crippen molar-refractivity contribution in [3.8, 4) is 0 Å². The first-order valence-electron chi connectivity index (χ1n) is 6.38. The van der Waals surface area contributed by atoms with E-state index in [0.29, 0.717) is 15.7 Å². The summed E-state index contributed by atoms with van der Waals surface area (Å²) in [5.74, 6) is 0. The first-order valence-corrected chi connectivity index (χ1v) is 7.14. The second kappa shape index (κ2) is 6.98. The third-order valence-electron chi connectivity index (χ3n) is 3.09. The minimum Gasteiger partial charge on any atom is -0.335 e. The van der Waals surface area contributed by atoms with Gasteiger partial charge in [-0.2, -0.15) is 0 Å². The van der Waals surface area contributed by atoms with Gasteiger partial charge in [0.15, 0.2) is 0 Å². The van der Waals surface area contributed by atoms with E-state index >= 15 is 0 Å². The van der Waals surface area contributed by atoms with Crippen LogP contribution in [0, 0.1) is 0 Å². The second-order valence-corrected chi connectivity index (χ2v) is 5.42. The number of rotatable bonds is 2. The molecule has 3 N–H and O–H groups in total. The normalized spacial score (nSPS) is 19.6. The molecular formula is C13H17Cl2N3O. The Labute approximate surface area is 122 Å². The van der Waals surface area contributed by atoms with Crippen molar-refractivity contribution in [3.63, 3.8) is 0 Å². The lowest BCUT2D eigenvalue weighted by molar-refractivity contribution is 0.247. The molecular weight excluding hydrogens is 285 g/mol. The van der Waals surface area contributed by atoms with Gasteiger partial charge >= 0.3 is 6.03 Å². The number of hydrogen-bond acceptors (Lipinski definition) is 2. The van der Waals surface area contributed by atoms with E-state index in [-0.39, 0.29) is 12.1 Å². The minimum atomic E-state index is -0.203. The van der Waals surface area contributed by atoms with Crippen molar-refractivity contribution in [1.82, 2.24) is 10.6 Å². The maximum atomic E-state index is 11.9. The summed E-state index contributed by atoms with van der Waals surface area (Å²) in [6, 6.07) is 5.04. The van der Waals surface area contributed by atoms with Gasteiger partial charge < -0.3 is 16.0 Å². The largest absolute Gasteiger partial charge is 0.335 e. The van der Waals surface area contributed by atoms with E-state index < -0.39 is 0 Å². The van der Waals surface area contributed by atoms with E-state index in [0.717, 1.165) is 32.4 Å². The summed E-state index contributed by atoms with van der Waals surface area (Å²) < 4.78 is 0. The van der Waals surface area contributed by atoms with Crippen LogP contribution in [0.5, 0.6) is 0 Å². The van der Waals surface area contributed by atoms with Gasteiger partial charge in [-0.15, -0.1) is 0 Å². The number of urea groups is 1. The number of carbonyl (C=O) groups is 1. The van der Waals surface area contributed by atoms with Crippen molar-refractivity contribution in [3.05, 3.63) is 28.2 Å². The van der Waals surface area contributed by atoms with Crippen molar-refractivity contribution in [1.29, 1.82) is 0 Å². The van der Waals surface area contributed by atoms with Crippen molar-refractivity contribution >= 4 is 34.9 Å². The van der Waals surface area contributed by atoms with Crippen molar-refractivity contribution in [2.24, 2.45) is 0 Å². The van der Waals surface area contributed by atoms with Gasteiger partial charge in [-0.25, -0.2) is 4.79 Å². The monoisotopic (exact) mass is 301 g/mol. The van der Waals surface area contributed by atoms with Crippen LogP contribution in [-0.2, 0) is 0 Å². The molecule has 0 aliphatic carbocycles. The van der Waals surface area contributed by atoms with Crippen LogP contribution in [0.1, 0.15) is 19.3 Å². The van der Waals surface area contributed by atoms with Crippen molar-refractivity contribution in [2.45, 2.75) is 25.3 Å². The predicted octanol–water partition coefficient (Wildman–Crippen LogP) is 3.26. The average molecular weight is 302 g/mol. The number of amides is 2. The molecule has 1 aliphatic heterocycles. The zero-order valence-electron chi connectivity index (χ0n) is 10.5. The van der Waals surface area contributed by atoms with Gasteiger partial charge in [0.05, 0.1) is 10.0 Å². The molecule has 1 saturated heterocycles. The molecule has 1 fully saturated rings. The average Bonchev–Trinajstić information content (AvgIpc) is 2.62. The van der Waals surface area contributed by atoms with E-state index in [9.17, 15) is 4.79 Å². The fraction of sp³-hybridized carbons (Fsp3) is 0.462. The van der Waals surface area contributed by atoms with Crippen LogP contribution < -0.4 is 16.0 Å². The number of carbonyl (C=O) groups excluding carboxylic acids is 1. The van der Waals surface area contributed by atoms with E-state index in [2.05, 4.69) is 16.0 Å². The highest BCUT2D eigenvalue weighted by Gasteiger charge is 2.14. The standard InChI is InChI=1S/C13H17Cl2N3O/c14-11-4-3-10(8-12(11)15)18-13(19)17-9-2-1-6-16-7-5-9/h3-4,8-9,16H,1-2,5-7H2,(H2,17,18,19). The Bertz CT molecular complexity index is 446. The lowest BCUT2D eigenvalue weighted by atomic mass is 10.1. The minimum absolute atomic E-state index is 0.203. The molecule has 104 valence electrons. The molecule has 0 saturated carbocycles. The van der Waals surface area contributed by atoms with E-state index in [1.165, 1.54) is 0 Å². The molecule has 6 heteroatoms. The Morgan fingerprint density at radius 3 is 2.84 bits per heavy atom. The Hall–Kier alpha value is -0.970. The summed E-state index contributed by atoms with van der Waals surface area (Å²) in [6.07, 6.45) is 3.04. The third kappa shape index (κ3) is 4.56. The molecule has 2 rings (SSSR count). The highest BCUT2D eigenvalue weighted by molar-refractivity contribution is 6.42. The molecule has 1 heterocycles. The van der Waals surface area contributed by atoms with Crippen LogP contribution in [0.4, 0.5) is 10.5 Å². The third-order valence-corrected chi connectivity index (χ3v) is 3.83. The van der Waals surface area contributed by atoms with Gasteiger partial charge in [-0.05, 0) is 50.6 Å². The Kier molecular flexibility index (Phi) is 5.31. The molecule has 1 atom stereocenters. The molecule has 1 unspecified atom stereocenters. The van der Waals surface area contributed by atoms with Gasteiger partial charge in [-0.3, -0.25) is 0 Å². The Morgan fingerprint density at radius 1 is 1.21 bits per heavy atom. The Morgan fingerprint density at radius 2 is 2.05 bits per heavy atom. The zero-order chi connectivity index (χ0) is 13.7. The molecule has 0 radical (unpaired) electrons. The van der Waals surface area contributed by atoms with Crippen LogP contribution in [0.25, 0.3) is 0 Å². The molecule has 0 spiro atoms. The highest BCUT2D eigenvalue weighted by atomic mass is 35.5. The Balaban J connectivity index is 1.87. The summed E-state index contributed by atoms with van der Waals surface area (Å²) in [7, 11) is 0. The number of anilines is 1. The molecule has 1 aromatic carbocycles. The molecule has 2 amide bonds. The summed E-state index contributed by atoms with van der Waals surface area (Å²) in [4.78, 5) is 11.9. The van der Waals surface area contributed by atoms with Crippen LogP contribution in [-0.4, -0.2) is 25.2 Å². The van der Waals surface area contributed by atoms with Gasteiger partial charge in [0, 0.05) is 11.7 Å². The number of hydrogen-bond donors (Lipinski definition) is 3. The first-order chi connectivity index (χ1) is 9.15. The maximum absolute atomic E-state index is 11.9. The predicted molar refractivity (Wildman–Crippen MR) is 79.1 cm³/mol. The highest BCUT2D eigenvalue weighted by Crippen LogP contribution is 2.24. The van der Waals surface area contributed by atoms with Gasteiger partial charge in [0.25, 0.3) is 0 Å². The number of benzene rings is 1. The quantitative estimate of drug-likeness (QED) is 0.785. The molecule has 1 aromatic rings. The summed E-state index contributed by atoms with van der Waals surface area (Å²) in [6.45, 7) is 1.96. The smallest absolute Gasteiger partial charge is 0.319 e. The van der Waals surface area contributed by atoms with Crippen LogP contribution in [0.3, 0.4) is 0 Å². The number of nitrogens with one attached hydrogen (secondary N) is 3. The fourth-order valence-corrected chi connectivity index (χ4v) is 2.39. The number of halogens is 2. The molecule has 19 heavy (non-hydrogen) atoms. The van der Waals surface area contributed by atoms with Crippen LogP contribution >= 0.6 is 23.2 Å². The topological polar surface area (TPSA) is 53.2 Å². The van der Waals surface area contributed by atoms with E-state index in [1.807, 2.05) is 0 Å². The van der Waals surface area contributed by atoms with Gasteiger partial charge in [0.1, 0.15) is 0 Å². The van der Waals surface area contributed by atoms with Gasteiger partial charge in [0.2, 0.25) is 0 Å². The summed E-state index contributed by atoms with van der Waals surface area (Å²) in [5.41, 5.74) is 0.638. The fourth-order valence-electron chi connectivity index (χ4n) is 2.09. The maximum Gasteiger partial charge on any atom is 0.319 e. The lowest BCUT2D eigenvalue weighted by Crippen LogP contribution is -2.38. The molecule has 4 nitrogen and oxygen atoms in total. The lowest BCUT2D eigenvalue weighted by Gasteiger charge is -2.16. The van der Waals surface area contributed by atoms with Gasteiger partial charge in [-0.1, -0.05) is 23.2 Å². The van der Waals surface area contributed by atoms with Crippen LogP contribution in [0.15, 0.2) is 18.2 Å². The van der Waals surface area contributed by atoms with Crippen molar-refractivity contribution in [2.75, 3.05) is 18.4 Å². The summed E-state index contributed by atoms with van der Waals surface area (Å²) >= 11 is 11.7. The molecule has 0 aromatic heterocycles. The van der Waals surface area contributed by atoms with E-state index in [4.69, 9.17) is 23.2 Å². The van der Waals surface area contributed by atoms with E-state index in [1.54, 1.807) is 18.2 Å². The second-order valence-electron chi connectivity index (χ2n) is 4.61. The molecule has 0 bridgehead atoms. The first kappa shape index (κ1) is 14.4. The summed E-state index contributed by atoms with van der Waals surface area (Å²) in [5, 5.41) is 9.95. The van der Waals surface area contributed by atoms with Crippen molar-refractivity contribution < 1.29 is 4.79 Å². The zero-order valence-corrected chi connectivity index (χ0v) is 12.0. The van der Waals surface area contributed by atoms with Crippen LogP contribution in [0.2, 0.25) is 10.0 Å².